The third-order valence-electron chi connectivity index (χ3n) is 4.66. The second-order valence-electron chi connectivity index (χ2n) is 6.27. The average Bonchev–Trinajstić information content (AvgIpc) is 2.82. The van der Waals surface area contributed by atoms with E-state index in [-0.39, 0.29) is 11.7 Å². The Morgan fingerprint density at radius 3 is 2.90 bits per heavy atom. The van der Waals surface area contributed by atoms with Crippen molar-refractivity contribution >= 4 is 11.6 Å². The van der Waals surface area contributed by atoms with Gasteiger partial charge in [0.2, 0.25) is 5.91 Å². The number of amides is 1. The van der Waals surface area contributed by atoms with E-state index in [2.05, 4.69) is 15.5 Å². The minimum absolute atomic E-state index is 0.0633. The van der Waals surface area contributed by atoms with E-state index in [1.165, 1.54) is 31.4 Å². The Morgan fingerprint density at radius 2 is 2.14 bits per heavy atom. The first kappa shape index (κ1) is 14.5. The van der Waals surface area contributed by atoms with Crippen LogP contribution in [0.1, 0.15) is 19.3 Å². The standard InChI is InChI=1S/C16H22FN3O/c17-13-2-1-3-14(10-13)19-15(21)11-20-9-6-16(12-20)4-7-18-8-5-16/h1-3,10,18H,4-9,11-12H2,(H,19,21). The second kappa shape index (κ2) is 6.12. The molecule has 0 radical (unpaired) electrons. The van der Waals surface area contributed by atoms with E-state index in [0.29, 0.717) is 17.6 Å². The van der Waals surface area contributed by atoms with Crippen molar-refractivity contribution in [2.75, 3.05) is 38.0 Å². The Balaban J connectivity index is 1.51. The van der Waals surface area contributed by atoms with Crippen LogP contribution >= 0.6 is 0 Å². The summed E-state index contributed by atoms with van der Waals surface area (Å²) in [4.78, 5) is 14.3. The molecule has 3 rings (SSSR count). The van der Waals surface area contributed by atoms with Crippen molar-refractivity contribution in [3.05, 3.63) is 30.1 Å². The Hall–Kier alpha value is -1.46. The van der Waals surface area contributed by atoms with Gasteiger partial charge in [0.1, 0.15) is 5.82 Å². The molecule has 2 aliphatic heterocycles. The van der Waals surface area contributed by atoms with E-state index in [9.17, 15) is 9.18 Å². The van der Waals surface area contributed by atoms with Gasteiger partial charge in [-0.15, -0.1) is 0 Å². The molecule has 2 heterocycles. The molecular formula is C16H22FN3O. The van der Waals surface area contributed by atoms with Crippen LogP contribution in [0.3, 0.4) is 0 Å². The fourth-order valence-electron chi connectivity index (χ4n) is 3.50. The number of likely N-dealkylation sites (tertiary alicyclic amines) is 1. The number of rotatable bonds is 3. The van der Waals surface area contributed by atoms with Gasteiger partial charge >= 0.3 is 0 Å². The van der Waals surface area contributed by atoms with E-state index < -0.39 is 0 Å². The molecule has 114 valence electrons. The smallest absolute Gasteiger partial charge is 0.238 e. The number of hydrogen-bond donors (Lipinski definition) is 2. The Morgan fingerprint density at radius 1 is 1.33 bits per heavy atom. The highest BCUT2D eigenvalue weighted by atomic mass is 19.1. The van der Waals surface area contributed by atoms with Gasteiger partial charge in [-0.05, 0) is 62.5 Å². The summed E-state index contributed by atoms with van der Waals surface area (Å²) in [6.07, 6.45) is 3.59. The second-order valence-corrected chi connectivity index (χ2v) is 6.27. The first-order chi connectivity index (χ1) is 10.2. The van der Waals surface area contributed by atoms with Crippen molar-refractivity contribution in [3.63, 3.8) is 0 Å². The molecule has 1 aromatic rings. The van der Waals surface area contributed by atoms with Crippen LogP contribution < -0.4 is 10.6 Å². The summed E-state index contributed by atoms with van der Waals surface area (Å²) in [5.41, 5.74) is 0.931. The van der Waals surface area contributed by atoms with E-state index in [0.717, 1.165) is 26.2 Å². The van der Waals surface area contributed by atoms with E-state index in [4.69, 9.17) is 0 Å². The van der Waals surface area contributed by atoms with Crippen LogP contribution in [0.4, 0.5) is 10.1 Å². The largest absolute Gasteiger partial charge is 0.325 e. The molecule has 2 fully saturated rings. The molecule has 2 saturated heterocycles. The summed E-state index contributed by atoms with van der Waals surface area (Å²) in [6, 6.07) is 6.03. The molecule has 0 unspecified atom stereocenters. The maximum absolute atomic E-state index is 13.1. The average molecular weight is 291 g/mol. The molecule has 1 amide bonds. The predicted molar refractivity (Wildman–Crippen MR) is 80.6 cm³/mol. The van der Waals surface area contributed by atoms with Gasteiger partial charge in [0.25, 0.3) is 0 Å². The zero-order valence-electron chi connectivity index (χ0n) is 12.2. The zero-order valence-corrected chi connectivity index (χ0v) is 12.2. The fourth-order valence-corrected chi connectivity index (χ4v) is 3.50. The van der Waals surface area contributed by atoms with Crippen molar-refractivity contribution in [1.29, 1.82) is 0 Å². The van der Waals surface area contributed by atoms with Crippen LogP contribution in [-0.2, 0) is 4.79 Å². The van der Waals surface area contributed by atoms with Crippen molar-refractivity contribution in [3.8, 4) is 0 Å². The van der Waals surface area contributed by atoms with Gasteiger partial charge in [-0.1, -0.05) is 6.07 Å². The molecule has 4 nitrogen and oxygen atoms in total. The molecule has 2 aliphatic rings. The molecule has 0 saturated carbocycles. The summed E-state index contributed by atoms with van der Waals surface area (Å²) in [5.74, 6) is -0.394. The number of halogens is 1. The first-order valence-corrected chi connectivity index (χ1v) is 7.64. The van der Waals surface area contributed by atoms with Crippen LogP contribution in [-0.4, -0.2) is 43.5 Å². The molecule has 5 heteroatoms. The highest BCUT2D eigenvalue weighted by Crippen LogP contribution is 2.38. The molecule has 0 bridgehead atoms. The molecule has 21 heavy (non-hydrogen) atoms. The van der Waals surface area contributed by atoms with Crippen LogP contribution in [0, 0.1) is 11.2 Å². The number of anilines is 1. The lowest BCUT2D eigenvalue weighted by molar-refractivity contribution is -0.117. The van der Waals surface area contributed by atoms with Crippen molar-refractivity contribution < 1.29 is 9.18 Å². The summed E-state index contributed by atoms with van der Waals surface area (Å²) in [5, 5.41) is 6.16. The minimum Gasteiger partial charge on any atom is -0.325 e. The number of nitrogens with zero attached hydrogens (tertiary/aromatic N) is 1. The SMILES string of the molecule is O=C(CN1CCC2(CCNCC2)C1)Nc1cccc(F)c1. The van der Waals surface area contributed by atoms with Crippen LogP contribution in [0.2, 0.25) is 0 Å². The molecule has 0 aliphatic carbocycles. The predicted octanol–water partition coefficient (Wildman–Crippen LogP) is 1.84. The lowest BCUT2D eigenvalue weighted by Crippen LogP contribution is -2.40. The Bertz CT molecular complexity index is 514. The number of piperidine rings is 1. The maximum atomic E-state index is 13.1. The topological polar surface area (TPSA) is 44.4 Å². The summed E-state index contributed by atoms with van der Waals surface area (Å²) in [6.45, 7) is 4.56. The molecule has 0 atom stereocenters. The van der Waals surface area contributed by atoms with Gasteiger partial charge < -0.3 is 10.6 Å². The first-order valence-electron chi connectivity index (χ1n) is 7.64. The van der Waals surface area contributed by atoms with Gasteiger partial charge in [-0.2, -0.15) is 0 Å². The minimum atomic E-state index is -0.331. The molecule has 1 spiro atoms. The van der Waals surface area contributed by atoms with E-state index in [1.807, 2.05) is 0 Å². The molecule has 2 N–H and O–H groups in total. The zero-order chi connectivity index (χ0) is 14.7. The van der Waals surface area contributed by atoms with Gasteiger partial charge in [0.05, 0.1) is 6.54 Å². The Labute approximate surface area is 124 Å². The Kier molecular flexibility index (Phi) is 4.22. The van der Waals surface area contributed by atoms with Gasteiger partial charge in [-0.25, -0.2) is 4.39 Å². The van der Waals surface area contributed by atoms with E-state index >= 15 is 0 Å². The normalized spacial score (nSPS) is 21.6. The van der Waals surface area contributed by atoms with Crippen molar-refractivity contribution in [2.24, 2.45) is 5.41 Å². The quantitative estimate of drug-likeness (QED) is 0.893. The third-order valence-corrected chi connectivity index (χ3v) is 4.66. The maximum Gasteiger partial charge on any atom is 0.238 e. The number of carbonyl (C=O) groups is 1. The van der Waals surface area contributed by atoms with E-state index in [1.54, 1.807) is 12.1 Å². The summed E-state index contributed by atoms with van der Waals surface area (Å²) >= 11 is 0. The lowest BCUT2D eigenvalue weighted by Gasteiger charge is -2.33. The molecule has 1 aromatic carbocycles. The number of benzene rings is 1. The molecular weight excluding hydrogens is 269 g/mol. The highest BCUT2D eigenvalue weighted by Gasteiger charge is 2.39. The molecule has 0 aromatic heterocycles. The lowest BCUT2D eigenvalue weighted by atomic mass is 9.78. The summed E-state index contributed by atoms with van der Waals surface area (Å²) < 4.78 is 13.1. The van der Waals surface area contributed by atoms with Gasteiger partial charge in [0.15, 0.2) is 0 Å². The van der Waals surface area contributed by atoms with Crippen molar-refractivity contribution in [1.82, 2.24) is 10.2 Å². The van der Waals surface area contributed by atoms with Gasteiger partial charge in [-0.3, -0.25) is 9.69 Å². The third kappa shape index (κ3) is 3.60. The van der Waals surface area contributed by atoms with Crippen LogP contribution in [0.5, 0.6) is 0 Å². The van der Waals surface area contributed by atoms with Crippen LogP contribution in [0.25, 0.3) is 0 Å². The number of hydrogen-bond acceptors (Lipinski definition) is 3. The van der Waals surface area contributed by atoms with Crippen LogP contribution in [0.15, 0.2) is 24.3 Å². The fraction of sp³-hybridized carbons (Fsp3) is 0.562. The monoisotopic (exact) mass is 291 g/mol. The summed E-state index contributed by atoms with van der Waals surface area (Å²) in [7, 11) is 0. The number of carbonyl (C=O) groups excluding carboxylic acids is 1. The highest BCUT2D eigenvalue weighted by molar-refractivity contribution is 5.92. The van der Waals surface area contributed by atoms with Crippen molar-refractivity contribution in [2.45, 2.75) is 19.3 Å². The van der Waals surface area contributed by atoms with Gasteiger partial charge in [0, 0.05) is 12.2 Å². The number of nitrogens with one attached hydrogen (secondary N) is 2.